The van der Waals surface area contributed by atoms with Crippen LogP contribution in [0.15, 0.2) is 72.8 Å². The Labute approximate surface area is 224 Å². The number of H-pyrrole nitrogens is 1. The van der Waals surface area contributed by atoms with Gasteiger partial charge in [0.05, 0.1) is 30.4 Å². The standard InChI is InChI=1S/C19H16N2O3.C11H11NO3/c1-2-24-19(23)17-10-15-16(7-4-8-18(15)22)21(17)12-14-6-3-5-13(9-14)11-20;1-2-15-11(14)9-6-7-8(12-9)4-3-5-10(7)13/h3-10,22H,2,12H2,1H3;3-6,12-13H,2H2,1H3. The minimum absolute atomic E-state index is 0.113. The summed E-state index contributed by atoms with van der Waals surface area (Å²) in [6.07, 6.45) is 0. The van der Waals surface area contributed by atoms with Gasteiger partial charge >= 0.3 is 11.9 Å². The van der Waals surface area contributed by atoms with Crippen LogP contribution in [0.25, 0.3) is 21.8 Å². The van der Waals surface area contributed by atoms with Crippen LogP contribution in [0.3, 0.4) is 0 Å². The summed E-state index contributed by atoms with van der Waals surface area (Å²) in [5.74, 6) is -0.584. The number of phenolic OH excluding ortho intramolecular Hbond substituents is 2. The smallest absolute Gasteiger partial charge is 0.354 e. The van der Waals surface area contributed by atoms with Crippen molar-refractivity contribution >= 4 is 33.7 Å². The Balaban J connectivity index is 0.000000202. The highest BCUT2D eigenvalue weighted by Crippen LogP contribution is 2.29. The maximum absolute atomic E-state index is 12.3. The number of nitrogens with zero attached hydrogens (tertiary/aromatic N) is 2. The number of aromatic amines is 1. The van der Waals surface area contributed by atoms with Crippen molar-refractivity contribution in [1.29, 1.82) is 5.26 Å². The van der Waals surface area contributed by atoms with Crippen LogP contribution in [-0.4, -0.2) is 44.9 Å². The lowest BCUT2D eigenvalue weighted by Gasteiger charge is -2.10. The number of carbonyl (C=O) groups excluding carboxylic acids is 2. The van der Waals surface area contributed by atoms with Crippen LogP contribution >= 0.6 is 0 Å². The van der Waals surface area contributed by atoms with Gasteiger partial charge in [-0.05, 0) is 67.9 Å². The van der Waals surface area contributed by atoms with Crippen LogP contribution in [0.2, 0.25) is 0 Å². The van der Waals surface area contributed by atoms with E-state index in [4.69, 9.17) is 14.7 Å². The summed E-state index contributed by atoms with van der Waals surface area (Å²) < 4.78 is 11.8. The zero-order chi connectivity index (χ0) is 27.9. The van der Waals surface area contributed by atoms with E-state index < -0.39 is 11.9 Å². The highest BCUT2D eigenvalue weighted by molar-refractivity contribution is 5.98. The van der Waals surface area contributed by atoms with Crippen LogP contribution < -0.4 is 0 Å². The summed E-state index contributed by atoms with van der Waals surface area (Å²) in [5, 5.41) is 29.8. The second kappa shape index (κ2) is 11.9. The van der Waals surface area contributed by atoms with E-state index in [2.05, 4.69) is 11.1 Å². The van der Waals surface area contributed by atoms with Crippen molar-refractivity contribution < 1.29 is 29.3 Å². The lowest BCUT2D eigenvalue weighted by Crippen LogP contribution is -2.12. The molecular weight excluding hydrogens is 498 g/mol. The number of nitrogens with one attached hydrogen (secondary N) is 1. The van der Waals surface area contributed by atoms with Crippen molar-refractivity contribution in [3.8, 4) is 17.6 Å². The Morgan fingerprint density at radius 1 is 0.872 bits per heavy atom. The van der Waals surface area contributed by atoms with Crippen LogP contribution in [0.4, 0.5) is 0 Å². The molecule has 0 aliphatic rings. The first-order valence-corrected chi connectivity index (χ1v) is 12.3. The van der Waals surface area contributed by atoms with Gasteiger partial charge in [0.25, 0.3) is 0 Å². The van der Waals surface area contributed by atoms with Gasteiger partial charge in [0.15, 0.2) is 0 Å². The first-order valence-electron chi connectivity index (χ1n) is 12.3. The summed E-state index contributed by atoms with van der Waals surface area (Å²) in [6, 6.07) is 22.8. The number of esters is 2. The third-order valence-corrected chi connectivity index (χ3v) is 5.94. The van der Waals surface area contributed by atoms with Crippen molar-refractivity contribution in [2.75, 3.05) is 13.2 Å². The van der Waals surface area contributed by atoms with E-state index in [1.807, 2.05) is 12.1 Å². The quantitative estimate of drug-likeness (QED) is 0.249. The van der Waals surface area contributed by atoms with Crippen molar-refractivity contribution in [1.82, 2.24) is 9.55 Å². The zero-order valence-electron chi connectivity index (χ0n) is 21.5. The van der Waals surface area contributed by atoms with Gasteiger partial charge in [-0.2, -0.15) is 5.26 Å². The third-order valence-electron chi connectivity index (χ3n) is 5.94. The molecule has 3 aromatic carbocycles. The fraction of sp³-hybridized carbons (Fsp3) is 0.167. The van der Waals surface area contributed by atoms with Gasteiger partial charge in [0.1, 0.15) is 22.9 Å². The van der Waals surface area contributed by atoms with Gasteiger partial charge in [0, 0.05) is 22.8 Å². The second-order valence-corrected chi connectivity index (χ2v) is 8.50. The predicted octanol–water partition coefficient (Wildman–Crippen LogP) is 5.49. The third kappa shape index (κ3) is 5.86. The minimum atomic E-state index is -0.440. The van der Waals surface area contributed by atoms with Gasteiger partial charge < -0.3 is 29.2 Å². The van der Waals surface area contributed by atoms with E-state index in [9.17, 15) is 19.8 Å². The van der Waals surface area contributed by atoms with E-state index >= 15 is 0 Å². The van der Waals surface area contributed by atoms with Crippen molar-refractivity contribution in [3.63, 3.8) is 0 Å². The molecule has 39 heavy (non-hydrogen) atoms. The van der Waals surface area contributed by atoms with E-state index in [0.717, 1.165) is 16.6 Å². The normalized spacial score (nSPS) is 10.5. The lowest BCUT2D eigenvalue weighted by molar-refractivity contribution is 0.0508. The number of nitriles is 1. The maximum atomic E-state index is 12.3. The van der Waals surface area contributed by atoms with Crippen molar-refractivity contribution in [3.05, 3.63) is 95.3 Å². The van der Waals surface area contributed by atoms with Crippen LogP contribution in [-0.2, 0) is 16.0 Å². The fourth-order valence-corrected chi connectivity index (χ4v) is 4.19. The molecule has 3 N–H and O–H groups in total. The number of phenols is 2. The molecular formula is C30H27N3O6. The molecule has 9 heteroatoms. The first kappa shape index (κ1) is 26.8. The van der Waals surface area contributed by atoms with Gasteiger partial charge in [-0.15, -0.1) is 0 Å². The summed E-state index contributed by atoms with van der Waals surface area (Å²) in [7, 11) is 0. The van der Waals surface area contributed by atoms with E-state index in [0.29, 0.717) is 40.9 Å². The molecule has 0 aliphatic heterocycles. The molecule has 5 rings (SSSR count). The summed E-state index contributed by atoms with van der Waals surface area (Å²) in [6.45, 7) is 4.50. The molecule has 2 aromatic heterocycles. The van der Waals surface area contributed by atoms with Crippen molar-refractivity contribution in [2.45, 2.75) is 20.4 Å². The number of aromatic nitrogens is 2. The number of hydrogen-bond donors (Lipinski definition) is 3. The van der Waals surface area contributed by atoms with Gasteiger partial charge in [-0.25, -0.2) is 9.59 Å². The molecule has 0 saturated heterocycles. The largest absolute Gasteiger partial charge is 0.507 e. The van der Waals surface area contributed by atoms with Crippen LogP contribution in [0.1, 0.15) is 46.0 Å². The molecule has 2 heterocycles. The molecule has 0 fully saturated rings. The summed E-state index contributed by atoms with van der Waals surface area (Å²) in [4.78, 5) is 26.6. The van der Waals surface area contributed by atoms with Crippen molar-refractivity contribution in [2.24, 2.45) is 0 Å². The highest BCUT2D eigenvalue weighted by atomic mass is 16.5. The molecule has 0 atom stereocenters. The number of rotatable bonds is 6. The number of carbonyl (C=O) groups is 2. The number of benzene rings is 3. The molecule has 0 amide bonds. The first-order chi connectivity index (χ1) is 18.9. The van der Waals surface area contributed by atoms with Crippen LogP contribution in [0.5, 0.6) is 11.5 Å². The topological polar surface area (TPSA) is 138 Å². The maximum Gasteiger partial charge on any atom is 0.354 e. The zero-order valence-corrected chi connectivity index (χ0v) is 21.5. The number of ether oxygens (including phenoxy) is 2. The Hall–Kier alpha value is -5.23. The monoisotopic (exact) mass is 525 g/mol. The summed E-state index contributed by atoms with van der Waals surface area (Å²) >= 11 is 0. The number of hydrogen-bond acceptors (Lipinski definition) is 7. The second-order valence-electron chi connectivity index (χ2n) is 8.50. The molecule has 9 nitrogen and oxygen atoms in total. The SMILES string of the molecule is CCOC(=O)c1cc2c(O)cccc2[nH]1.CCOC(=O)c1cc2c(O)cccc2n1Cc1cccc(C#N)c1. The fourth-order valence-electron chi connectivity index (χ4n) is 4.19. The van der Waals surface area contributed by atoms with E-state index in [1.165, 1.54) is 0 Å². The Morgan fingerprint density at radius 3 is 2.23 bits per heavy atom. The average molecular weight is 526 g/mol. The van der Waals surface area contributed by atoms with Gasteiger partial charge in [-0.1, -0.05) is 24.3 Å². The highest BCUT2D eigenvalue weighted by Gasteiger charge is 2.18. The van der Waals surface area contributed by atoms with Gasteiger partial charge in [-0.3, -0.25) is 0 Å². The number of fused-ring (bicyclic) bond motifs is 2. The molecule has 0 saturated carbocycles. The number of aromatic hydroxyl groups is 2. The average Bonchev–Trinajstić information content (AvgIpc) is 3.54. The van der Waals surface area contributed by atoms with E-state index in [1.54, 1.807) is 79.1 Å². The molecule has 0 aliphatic carbocycles. The van der Waals surface area contributed by atoms with Gasteiger partial charge in [0.2, 0.25) is 0 Å². The molecule has 198 valence electrons. The predicted molar refractivity (Wildman–Crippen MR) is 146 cm³/mol. The molecule has 0 bridgehead atoms. The Bertz CT molecular complexity index is 1690. The lowest BCUT2D eigenvalue weighted by atomic mass is 10.1. The Morgan fingerprint density at radius 2 is 1.54 bits per heavy atom. The minimum Gasteiger partial charge on any atom is -0.507 e. The molecule has 5 aromatic rings. The molecule has 0 unspecified atom stereocenters. The molecule has 0 spiro atoms. The Kier molecular flexibility index (Phi) is 8.17. The summed E-state index contributed by atoms with van der Waals surface area (Å²) in [5.41, 5.74) is 3.63. The van der Waals surface area contributed by atoms with E-state index in [-0.39, 0.29) is 18.1 Å². The molecule has 0 radical (unpaired) electrons. The van der Waals surface area contributed by atoms with Crippen LogP contribution in [0, 0.1) is 11.3 Å².